The van der Waals surface area contributed by atoms with Crippen LogP contribution in [0.2, 0.25) is 0 Å². The van der Waals surface area contributed by atoms with E-state index in [-0.39, 0.29) is 5.91 Å². The molecule has 6 heteroatoms. The number of carbonyl (C=O) groups is 1. The minimum Gasteiger partial charge on any atom is -0.395 e. The fourth-order valence-electron chi connectivity index (χ4n) is 2.83. The second-order valence-corrected chi connectivity index (χ2v) is 6.32. The molecular weight excluding hydrogens is 256 g/mol. The Hall–Kier alpha value is -1.56. The van der Waals surface area contributed by atoms with Crippen molar-refractivity contribution in [1.29, 1.82) is 0 Å². The van der Waals surface area contributed by atoms with E-state index in [1.165, 1.54) is 0 Å². The summed E-state index contributed by atoms with van der Waals surface area (Å²) in [6.45, 7) is 3.03. The maximum atomic E-state index is 12.5. The van der Waals surface area contributed by atoms with Crippen molar-refractivity contribution in [3.05, 3.63) is 11.4 Å². The van der Waals surface area contributed by atoms with E-state index in [0.717, 1.165) is 31.4 Å². The van der Waals surface area contributed by atoms with Crippen molar-refractivity contribution >= 4 is 11.6 Å². The van der Waals surface area contributed by atoms with Gasteiger partial charge in [0.05, 0.1) is 17.0 Å². The number of hydrogen-bond acceptors (Lipinski definition) is 4. The van der Waals surface area contributed by atoms with Crippen LogP contribution in [0, 0.1) is 0 Å². The van der Waals surface area contributed by atoms with Gasteiger partial charge in [-0.2, -0.15) is 5.10 Å². The molecule has 1 atom stereocenters. The molecule has 1 saturated heterocycles. The second kappa shape index (κ2) is 4.77. The number of aromatic amines is 1. The van der Waals surface area contributed by atoms with E-state index in [1.54, 1.807) is 4.90 Å². The molecule has 6 nitrogen and oxygen atoms in total. The molecule has 20 heavy (non-hydrogen) atoms. The third kappa shape index (κ3) is 2.52. The highest BCUT2D eigenvalue weighted by Gasteiger charge is 2.33. The summed E-state index contributed by atoms with van der Waals surface area (Å²) in [7, 11) is 0. The third-order valence-corrected chi connectivity index (χ3v) is 4.37. The Bertz CT molecular complexity index is 519. The average molecular weight is 278 g/mol. The van der Waals surface area contributed by atoms with Crippen LogP contribution in [-0.4, -0.2) is 44.8 Å². The van der Waals surface area contributed by atoms with Crippen molar-refractivity contribution in [3.63, 3.8) is 0 Å². The van der Waals surface area contributed by atoms with Crippen LogP contribution in [0.4, 0.5) is 5.69 Å². The van der Waals surface area contributed by atoms with Crippen molar-refractivity contribution in [3.8, 4) is 0 Å². The summed E-state index contributed by atoms with van der Waals surface area (Å²) in [6.07, 6.45) is 4.36. The van der Waals surface area contributed by atoms with Gasteiger partial charge in [0.2, 0.25) is 0 Å². The van der Waals surface area contributed by atoms with Crippen LogP contribution in [0.5, 0.6) is 0 Å². The molecule has 1 aliphatic carbocycles. The number of H-pyrrole nitrogens is 1. The number of nitrogen functional groups attached to an aromatic ring is 1. The monoisotopic (exact) mass is 278 g/mol. The number of nitrogens with two attached hydrogens (primary N) is 1. The molecule has 4 N–H and O–H groups in total. The van der Waals surface area contributed by atoms with Gasteiger partial charge in [0.25, 0.3) is 5.91 Å². The predicted molar refractivity (Wildman–Crippen MR) is 75.4 cm³/mol. The van der Waals surface area contributed by atoms with Gasteiger partial charge in [0.15, 0.2) is 5.69 Å². The summed E-state index contributed by atoms with van der Waals surface area (Å²) < 4.78 is 0. The van der Waals surface area contributed by atoms with E-state index in [4.69, 9.17) is 5.73 Å². The number of carbonyl (C=O) groups excluding carboxylic acids is 1. The quantitative estimate of drug-likeness (QED) is 0.758. The smallest absolute Gasteiger partial charge is 0.276 e. The lowest BCUT2D eigenvalue weighted by molar-refractivity contribution is 0.0437. The first-order valence-corrected chi connectivity index (χ1v) is 7.33. The molecule has 3 rings (SSSR count). The first kappa shape index (κ1) is 13.4. The van der Waals surface area contributed by atoms with Gasteiger partial charge in [-0.05, 0) is 39.0 Å². The zero-order valence-corrected chi connectivity index (χ0v) is 11.9. The summed E-state index contributed by atoms with van der Waals surface area (Å²) in [5.41, 5.74) is 7.14. The summed E-state index contributed by atoms with van der Waals surface area (Å²) in [5.74, 6) is 0.331. The van der Waals surface area contributed by atoms with Crippen LogP contribution in [0.3, 0.4) is 0 Å². The van der Waals surface area contributed by atoms with E-state index >= 15 is 0 Å². The van der Waals surface area contributed by atoms with Gasteiger partial charge in [0, 0.05) is 19.0 Å². The molecule has 1 aromatic rings. The number of amides is 1. The zero-order valence-electron chi connectivity index (χ0n) is 11.9. The molecule has 1 unspecified atom stereocenters. The minimum atomic E-state index is -0.675. The lowest BCUT2D eigenvalue weighted by atomic mass is 9.98. The van der Waals surface area contributed by atoms with Gasteiger partial charge in [-0.25, -0.2) is 0 Å². The standard InChI is InChI=1S/C14H22N4O2/c1-14(20)5-2-7-18(8-6-14)13(19)12-10(15)11(16-17-12)9-3-4-9/h9,20H,2-8,15H2,1H3,(H,16,17). The van der Waals surface area contributed by atoms with Crippen molar-refractivity contribution in [2.45, 2.75) is 50.5 Å². The number of aliphatic hydroxyl groups is 1. The highest BCUT2D eigenvalue weighted by molar-refractivity contribution is 5.97. The highest BCUT2D eigenvalue weighted by atomic mass is 16.3. The van der Waals surface area contributed by atoms with E-state index in [0.29, 0.717) is 36.8 Å². The largest absolute Gasteiger partial charge is 0.395 e. The Labute approximate surface area is 118 Å². The van der Waals surface area contributed by atoms with Crippen LogP contribution in [0.1, 0.15) is 61.1 Å². The Morgan fingerprint density at radius 1 is 1.45 bits per heavy atom. The topological polar surface area (TPSA) is 95.2 Å². The second-order valence-electron chi connectivity index (χ2n) is 6.32. The van der Waals surface area contributed by atoms with Crippen LogP contribution >= 0.6 is 0 Å². The zero-order chi connectivity index (χ0) is 14.3. The van der Waals surface area contributed by atoms with Crippen LogP contribution in [0.15, 0.2) is 0 Å². The molecule has 1 amide bonds. The maximum absolute atomic E-state index is 12.5. The van der Waals surface area contributed by atoms with Gasteiger partial charge in [-0.3, -0.25) is 9.89 Å². The van der Waals surface area contributed by atoms with E-state index in [2.05, 4.69) is 10.2 Å². The molecule has 0 radical (unpaired) electrons. The van der Waals surface area contributed by atoms with Gasteiger partial charge in [-0.15, -0.1) is 0 Å². The third-order valence-electron chi connectivity index (χ3n) is 4.37. The molecule has 0 bridgehead atoms. The Balaban J connectivity index is 1.75. The molecule has 1 saturated carbocycles. The Morgan fingerprint density at radius 2 is 2.20 bits per heavy atom. The minimum absolute atomic E-state index is 0.122. The van der Waals surface area contributed by atoms with Crippen molar-refractivity contribution in [2.75, 3.05) is 18.8 Å². The highest BCUT2D eigenvalue weighted by Crippen LogP contribution is 2.42. The lowest BCUT2D eigenvalue weighted by Gasteiger charge is -2.22. The predicted octanol–water partition coefficient (Wildman–Crippen LogP) is 1.25. The molecule has 1 aliphatic heterocycles. The molecule has 1 aromatic heterocycles. The van der Waals surface area contributed by atoms with Crippen LogP contribution in [-0.2, 0) is 0 Å². The number of anilines is 1. The van der Waals surface area contributed by atoms with Gasteiger partial charge in [-0.1, -0.05) is 0 Å². The number of rotatable bonds is 2. The van der Waals surface area contributed by atoms with Crippen LogP contribution < -0.4 is 5.73 Å². The summed E-state index contributed by atoms with van der Waals surface area (Å²) in [6, 6.07) is 0. The SMILES string of the molecule is CC1(O)CCCN(C(=O)c2n[nH]c(C3CC3)c2N)CC1. The fraction of sp³-hybridized carbons (Fsp3) is 0.714. The lowest BCUT2D eigenvalue weighted by Crippen LogP contribution is -2.34. The fourth-order valence-corrected chi connectivity index (χ4v) is 2.83. The maximum Gasteiger partial charge on any atom is 0.276 e. The van der Waals surface area contributed by atoms with Crippen molar-refractivity contribution in [1.82, 2.24) is 15.1 Å². The van der Waals surface area contributed by atoms with Crippen molar-refractivity contribution < 1.29 is 9.90 Å². The van der Waals surface area contributed by atoms with Gasteiger partial charge >= 0.3 is 0 Å². The number of hydrogen-bond donors (Lipinski definition) is 3. The Kier molecular flexibility index (Phi) is 3.20. The molecule has 2 fully saturated rings. The number of likely N-dealkylation sites (tertiary alicyclic amines) is 1. The Morgan fingerprint density at radius 3 is 2.90 bits per heavy atom. The normalized spacial score (nSPS) is 27.4. The van der Waals surface area contributed by atoms with E-state index in [9.17, 15) is 9.90 Å². The van der Waals surface area contributed by atoms with Crippen molar-refractivity contribution in [2.24, 2.45) is 0 Å². The molecular formula is C14H22N4O2. The molecule has 110 valence electrons. The summed E-state index contributed by atoms with van der Waals surface area (Å²) in [5, 5.41) is 17.1. The molecule has 2 heterocycles. The number of aromatic nitrogens is 2. The molecule has 2 aliphatic rings. The summed E-state index contributed by atoms with van der Waals surface area (Å²) in [4.78, 5) is 14.3. The first-order chi connectivity index (χ1) is 9.48. The van der Waals surface area contributed by atoms with E-state index < -0.39 is 5.60 Å². The average Bonchev–Trinajstić information content (AvgIpc) is 3.17. The summed E-state index contributed by atoms with van der Waals surface area (Å²) >= 11 is 0. The van der Waals surface area contributed by atoms with Gasteiger partial charge < -0.3 is 15.7 Å². The number of nitrogens with one attached hydrogen (secondary N) is 1. The first-order valence-electron chi connectivity index (χ1n) is 7.33. The molecule has 0 spiro atoms. The van der Waals surface area contributed by atoms with Crippen LogP contribution in [0.25, 0.3) is 0 Å². The van der Waals surface area contributed by atoms with Gasteiger partial charge in [0.1, 0.15) is 0 Å². The van der Waals surface area contributed by atoms with E-state index in [1.807, 2.05) is 6.92 Å². The number of nitrogens with zero attached hydrogens (tertiary/aromatic N) is 2. The molecule has 0 aromatic carbocycles.